The zero-order chi connectivity index (χ0) is 19.6. The molecule has 0 bridgehead atoms. The molecule has 2 aromatic heterocycles. The summed E-state index contributed by atoms with van der Waals surface area (Å²) in [4.78, 5) is 17.1. The molecule has 5 aromatic rings. The third-order valence-electron chi connectivity index (χ3n) is 5.22. The molecule has 0 saturated heterocycles. The summed E-state index contributed by atoms with van der Waals surface area (Å²) in [7, 11) is 0. The molecule has 0 unspecified atom stereocenters. The average Bonchev–Trinajstić information content (AvgIpc) is 2.78. The molecule has 3 aromatic carbocycles. The van der Waals surface area contributed by atoms with Crippen LogP contribution in [0.25, 0.3) is 33.2 Å². The molecule has 0 spiro atoms. The van der Waals surface area contributed by atoms with E-state index in [0.717, 1.165) is 29.2 Å². The van der Waals surface area contributed by atoms with E-state index in [1.54, 1.807) is 0 Å². The van der Waals surface area contributed by atoms with Gasteiger partial charge in [0, 0.05) is 17.6 Å². The number of aromatic nitrogens is 1. The molecular formula is C26H19NO2. The van der Waals surface area contributed by atoms with E-state index in [4.69, 9.17) is 4.42 Å². The number of pyridine rings is 1. The van der Waals surface area contributed by atoms with Gasteiger partial charge < -0.3 is 4.42 Å². The van der Waals surface area contributed by atoms with Crippen LogP contribution in [-0.2, 0) is 12.8 Å². The van der Waals surface area contributed by atoms with Crippen molar-refractivity contribution >= 4 is 21.7 Å². The van der Waals surface area contributed by atoms with Crippen LogP contribution in [0.4, 0.5) is 0 Å². The lowest BCUT2D eigenvalue weighted by atomic mass is 10.0. The fourth-order valence-electron chi connectivity index (χ4n) is 3.63. The zero-order valence-electron chi connectivity index (χ0n) is 15.8. The first kappa shape index (κ1) is 17.4. The molecule has 0 amide bonds. The van der Waals surface area contributed by atoms with Crippen LogP contribution in [0.15, 0.2) is 100 Å². The van der Waals surface area contributed by atoms with Crippen molar-refractivity contribution in [2.24, 2.45) is 0 Å². The van der Waals surface area contributed by atoms with Crippen LogP contribution >= 0.6 is 0 Å². The molecule has 2 heterocycles. The summed E-state index contributed by atoms with van der Waals surface area (Å²) < 4.78 is 6.11. The second-order valence-electron chi connectivity index (χ2n) is 7.21. The van der Waals surface area contributed by atoms with Gasteiger partial charge in [-0.25, -0.2) is 0 Å². The molecule has 0 saturated carbocycles. The van der Waals surface area contributed by atoms with E-state index >= 15 is 0 Å². The molecule has 0 fully saturated rings. The first-order valence-electron chi connectivity index (χ1n) is 9.72. The SMILES string of the molecule is O=c1cc(-c2cc3ccccc3cn2)oc2cc(CCc3ccccc3)ccc12. The standard InChI is InChI=1S/C26H19NO2/c28-24-16-26(23-15-20-8-4-5-9-21(20)17-27-23)29-25-14-19(12-13-22(24)25)11-10-18-6-2-1-3-7-18/h1-9,12-17H,10-11H2. The summed E-state index contributed by atoms with van der Waals surface area (Å²) >= 11 is 0. The van der Waals surface area contributed by atoms with Crippen LogP contribution in [0.3, 0.4) is 0 Å². The van der Waals surface area contributed by atoms with Gasteiger partial charge in [-0.05, 0) is 47.6 Å². The van der Waals surface area contributed by atoms with Gasteiger partial charge in [0.25, 0.3) is 0 Å². The quantitative estimate of drug-likeness (QED) is 0.398. The maximum absolute atomic E-state index is 12.6. The first-order valence-corrected chi connectivity index (χ1v) is 9.72. The minimum Gasteiger partial charge on any atom is -0.454 e. The summed E-state index contributed by atoms with van der Waals surface area (Å²) in [5.41, 5.74) is 3.66. The third-order valence-corrected chi connectivity index (χ3v) is 5.22. The number of benzene rings is 3. The Labute approximate surface area is 168 Å². The lowest BCUT2D eigenvalue weighted by Crippen LogP contribution is -2.02. The van der Waals surface area contributed by atoms with E-state index in [0.29, 0.717) is 22.4 Å². The Bertz CT molecular complexity index is 1370. The van der Waals surface area contributed by atoms with E-state index in [-0.39, 0.29) is 5.43 Å². The van der Waals surface area contributed by atoms with Crippen molar-refractivity contribution in [2.75, 3.05) is 0 Å². The van der Waals surface area contributed by atoms with Crippen molar-refractivity contribution in [3.05, 3.63) is 112 Å². The number of rotatable bonds is 4. The smallest absolute Gasteiger partial charge is 0.193 e. The van der Waals surface area contributed by atoms with Crippen LogP contribution in [0.5, 0.6) is 0 Å². The van der Waals surface area contributed by atoms with Crippen LogP contribution in [-0.4, -0.2) is 4.98 Å². The Morgan fingerprint density at radius 1 is 0.724 bits per heavy atom. The van der Waals surface area contributed by atoms with Gasteiger partial charge in [0.05, 0.1) is 5.39 Å². The first-order chi connectivity index (χ1) is 14.3. The van der Waals surface area contributed by atoms with Gasteiger partial charge in [-0.3, -0.25) is 9.78 Å². The molecule has 0 aliphatic heterocycles. The molecule has 0 atom stereocenters. The van der Waals surface area contributed by atoms with E-state index in [1.807, 2.05) is 60.8 Å². The highest BCUT2D eigenvalue weighted by Gasteiger charge is 2.10. The van der Waals surface area contributed by atoms with Crippen molar-refractivity contribution in [3.8, 4) is 11.5 Å². The number of nitrogens with zero attached hydrogens (tertiary/aromatic N) is 1. The minimum absolute atomic E-state index is 0.0502. The van der Waals surface area contributed by atoms with E-state index in [9.17, 15) is 4.79 Å². The fourth-order valence-corrected chi connectivity index (χ4v) is 3.63. The van der Waals surface area contributed by atoms with E-state index in [2.05, 4.69) is 29.2 Å². The fraction of sp³-hybridized carbons (Fsp3) is 0.0769. The predicted octanol–water partition coefficient (Wildman–Crippen LogP) is 5.79. The third kappa shape index (κ3) is 3.55. The molecule has 140 valence electrons. The van der Waals surface area contributed by atoms with E-state index < -0.39 is 0 Å². The van der Waals surface area contributed by atoms with Crippen molar-refractivity contribution in [1.82, 2.24) is 4.98 Å². The van der Waals surface area contributed by atoms with Gasteiger partial charge in [0.15, 0.2) is 11.2 Å². The second kappa shape index (κ2) is 7.36. The maximum Gasteiger partial charge on any atom is 0.193 e. The second-order valence-corrected chi connectivity index (χ2v) is 7.21. The highest BCUT2D eigenvalue weighted by molar-refractivity contribution is 5.85. The Hall–Kier alpha value is -3.72. The van der Waals surface area contributed by atoms with Crippen LogP contribution < -0.4 is 5.43 Å². The lowest BCUT2D eigenvalue weighted by Gasteiger charge is -2.06. The number of aryl methyl sites for hydroxylation is 2. The highest BCUT2D eigenvalue weighted by Crippen LogP contribution is 2.24. The molecule has 0 N–H and O–H groups in total. The van der Waals surface area contributed by atoms with Crippen LogP contribution in [0, 0.1) is 0 Å². The Morgan fingerprint density at radius 3 is 2.34 bits per heavy atom. The van der Waals surface area contributed by atoms with Crippen LogP contribution in [0.1, 0.15) is 11.1 Å². The summed E-state index contributed by atoms with van der Waals surface area (Å²) in [6.07, 6.45) is 3.65. The van der Waals surface area contributed by atoms with Gasteiger partial charge >= 0.3 is 0 Å². The van der Waals surface area contributed by atoms with Gasteiger partial charge in [0.2, 0.25) is 0 Å². The number of hydrogen-bond acceptors (Lipinski definition) is 3. The highest BCUT2D eigenvalue weighted by atomic mass is 16.3. The molecule has 0 aliphatic carbocycles. The van der Waals surface area contributed by atoms with Gasteiger partial charge in [0.1, 0.15) is 11.3 Å². The number of hydrogen-bond donors (Lipinski definition) is 0. The summed E-state index contributed by atoms with van der Waals surface area (Å²) in [6.45, 7) is 0. The minimum atomic E-state index is -0.0502. The van der Waals surface area contributed by atoms with Gasteiger partial charge in [-0.1, -0.05) is 60.7 Å². The van der Waals surface area contributed by atoms with Crippen molar-refractivity contribution in [1.29, 1.82) is 0 Å². The average molecular weight is 377 g/mol. The zero-order valence-corrected chi connectivity index (χ0v) is 15.8. The van der Waals surface area contributed by atoms with Crippen molar-refractivity contribution in [3.63, 3.8) is 0 Å². The normalized spacial score (nSPS) is 11.2. The Kier molecular flexibility index (Phi) is 4.41. The molecule has 5 rings (SSSR count). The molecule has 3 nitrogen and oxygen atoms in total. The number of fused-ring (bicyclic) bond motifs is 2. The van der Waals surface area contributed by atoms with Crippen molar-refractivity contribution in [2.45, 2.75) is 12.8 Å². The predicted molar refractivity (Wildman–Crippen MR) is 117 cm³/mol. The summed E-state index contributed by atoms with van der Waals surface area (Å²) in [5, 5.41) is 2.72. The Balaban J connectivity index is 1.52. The molecule has 0 radical (unpaired) electrons. The summed E-state index contributed by atoms with van der Waals surface area (Å²) in [6, 6.07) is 27.7. The van der Waals surface area contributed by atoms with Crippen molar-refractivity contribution < 1.29 is 4.42 Å². The van der Waals surface area contributed by atoms with E-state index in [1.165, 1.54) is 11.6 Å². The van der Waals surface area contributed by atoms with Gasteiger partial charge in [-0.15, -0.1) is 0 Å². The maximum atomic E-state index is 12.6. The topological polar surface area (TPSA) is 43.1 Å². The van der Waals surface area contributed by atoms with Crippen LogP contribution in [0.2, 0.25) is 0 Å². The Morgan fingerprint density at radius 2 is 1.48 bits per heavy atom. The molecular weight excluding hydrogens is 358 g/mol. The summed E-state index contributed by atoms with van der Waals surface area (Å²) in [5.74, 6) is 0.494. The largest absolute Gasteiger partial charge is 0.454 e. The monoisotopic (exact) mass is 377 g/mol. The molecule has 0 aliphatic rings. The molecule has 3 heteroatoms. The lowest BCUT2D eigenvalue weighted by molar-refractivity contribution is 0.615. The van der Waals surface area contributed by atoms with Gasteiger partial charge in [-0.2, -0.15) is 0 Å². The molecule has 29 heavy (non-hydrogen) atoms.